The molecule has 150 valence electrons. The van der Waals surface area contributed by atoms with Crippen LogP contribution in [0.15, 0.2) is 52.3 Å². The van der Waals surface area contributed by atoms with Gasteiger partial charge in [0.05, 0.1) is 16.9 Å². The molecule has 2 aromatic carbocycles. The zero-order chi connectivity index (χ0) is 19.9. The molecule has 0 aliphatic carbocycles. The van der Waals surface area contributed by atoms with Gasteiger partial charge in [0.25, 0.3) is 0 Å². The van der Waals surface area contributed by atoms with Gasteiger partial charge in [0.15, 0.2) is 0 Å². The van der Waals surface area contributed by atoms with Gasteiger partial charge in [-0.2, -0.15) is 0 Å². The number of methoxy groups -OCH3 is 1. The molecule has 4 rings (SSSR count). The molecular formula is C22H28N2O3S. The summed E-state index contributed by atoms with van der Waals surface area (Å²) in [5.74, 6) is 1.04. The molecule has 0 radical (unpaired) electrons. The maximum atomic E-state index is 13.2. The molecule has 1 saturated heterocycles. The smallest absolute Gasteiger partial charge is 0.206 e. The van der Waals surface area contributed by atoms with Crippen molar-refractivity contribution in [2.24, 2.45) is 0 Å². The van der Waals surface area contributed by atoms with Gasteiger partial charge in [0.1, 0.15) is 5.75 Å². The normalized spacial score (nSPS) is 22.5. The van der Waals surface area contributed by atoms with Gasteiger partial charge in [0, 0.05) is 31.2 Å². The SMILES string of the molecule is CCN1CC[C@@H]2c3cc(S(=O)(=O)c4ccc(OC)cc4)ccc3N(C)[C@@H]2CC1. The standard InChI is InChI=1S/C22H28N2O3S/c1-4-24-13-11-19-20-15-18(9-10-21(20)23(2)22(19)12-14-24)28(25,26)17-7-5-16(27-3)6-8-17/h5-10,15,19,22H,4,11-14H2,1-3H3/t19-,22-/m1/s1. The maximum Gasteiger partial charge on any atom is 0.206 e. The molecule has 0 N–H and O–H groups in total. The molecule has 0 saturated carbocycles. The minimum Gasteiger partial charge on any atom is -0.497 e. The van der Waals surface area contributed by atoms with Crippen molar-refractivity contribution in [2.75, 3.05) is 38.7 Å². The number of rotatable bonds is 4. The van der Waals surface area contributed by atoms with Crippen molar-refractivity contribution in [2.45, 2.75) is 41.5 Å². The zero-order valence-corrected chi connectivity index (χ0v) is 17.6. The predicted octanol–water partition coefficient (Wildman–Crippen LogP) is 3.55. The largest absolute Gasteiger partial charge is 0.497 e. The second-order valence-electron chi connectivity index (χ2n) is 7.70. The number of fused-ring (bicyclic) bond motifs is 3. The molecule has 2 aromatic rings. The Balaban J connectivity index is 1.70. The monoisotopic (exact) mass is 400 g/mol. The highest BCUT2D eigenvalue weighted by atomic mass is 32.2. The Morgan fingerprint density at radius 3 is 2.39 bits per heavy atom. The summed E-state index contributed by atoms with van der Waals surface area (Å²) in [6.07, 6.45) is 2.19. The average Bonchev–Trinajstić information content (AvgIpc) is 2.86. The fraction of sp³-hybridized carbons (Fsp3) is 0.455. The van der Waals surface area contributed by atoms with Crippen molar-refractivity contribution in [1.82, 2.24) is 4.90 Å². The minimum absolute atomic E-state index is 0.300. The first-order valence-electron chi connectivity index (χ1n) is 9.94. The van der Waals surface area contributed by atoms with Crippen molar-refractivity contribution in [1.29, 1.82) is 0 Å². The summed E-state index contributed by atoms with van der Waals surface area (Å²) in [5, 5.41) is 0. The number of hydrogen-bond donors (Lipinski definition) is 0. The van der Waals surface area contributed by atoms with E-state index in [9.17, 15) is 8.42 Å². The van der Waals surface area contributed by atoms with E-state index < -0.39 is 9.84 Å². The highest BCUT2D eigenvalue weighted by Gasteiger charge is 2.38. The Morgan fingerprint density at radius 2 is 1.71 bits per heavy atom. The summed E-state index contributed by atoms with van der Waals surface area (Å²) in [6, 6.07) is 12.7. The van der Waals surface area contributed by atoms with Crippen molar-refractivity contribution in [3.8, 4) is 5.75 Å². The summed E-state index contributed by atoms with van der Waals surface area (Å²) in [7, 11) is 0.164. The number of ether oxygens (including phenoxy) is 1. The molecule has 6 heteroatoms. The molecule has 2 aliphatic rings. The Kier molecular flexibility index (Phi) is 5.10. The van der Waals surface area contributed by atoms with Crippen molar-refractivity contribution < 1.29 is 13.2 Å². The van der Waals surface area contributed by atoms with Crippen molar-refractivity contribution >= 4 is 15.5 Å². The van der Waals surface area contributed by atoms with Crippen molar-refractivity contribution in [3.63, 3.8) is 0 Å². The Labute approximate surface area is 167 Å². The second kappa shape index (κ2) is 7.41. The molecule has 2 heterocycles. The van der Waals surface area contributed by atoms with E-state index in [1.165, 1.54) is 11.3 Å². The molecule has 5 nitrogen and oxygen atoms in total. The summed E-state index contributed by atoms with van der Waals surface area (Å²) < 4.78 is 31.5. The predicted molar refractivity (Wildman–Crippen MR) is 111 cm³/mol. The van der Waals surface area contributed by atoms with Gasteiger partial charge in [-0.05, 0) is 74.0 Å². The van der Waals surface area contributed by atoms with Crippen LogP contribution in [0.2, 0.25) is 0 Å². The fourth-order valence-corrected chi connectivity index (χ4v) is 5.97. The lowest BCUT2D eigenvalue weighted by Crippen LogP contribution is -2.31. The quantitative estimate of drug-likeness (QED) is 0.786. The average molecular weight is 401 g/mol. The molecule has 0 amide bonds. The second-order valence-corrected chi connectivity index (χ2v) is 9.65. The number of anilines is 1. The number of sulfone groups is 1. The lowest BCUT2D eigenvalue weighted by atomic mass is 9.91. The molecule has 28 heavy (non-hydrogen) atoms. The van der Waals surface area contributed by atoms with Gasteiger partial charge in [-0.3, -0.25) is 0 Å². The third kappa shape index (κ3) is 3.18. The number of nitrogens with zero attached hydrogens (tertiary/aromatic N) is 2. The van der Waals surface area contributed by atoms with E-state index >= 15 is 0 Å². The number of likely N-dealkylation sites (tertiary alicyclic amines) is 1. The van der Waals surface area contributed by atoms with Gasteiger partial charge in [-0.1, -0.05) is 6.92 Å². The first-order valence-corrected chi connectivity index (χ1v) is 11.4. The van der Waals surface area contributed by atoms with Crippen LogP contribution < -0.4 is 9.64 Å². The van der Waals surface area contributed by atoms with Crippen LogP contribution in [0.5, 0.6) is 5.75 Å². The van der Waals surface area contributed by atoms with Crippen LogP contribution >= 0.6 is 0 Å². The van der Waals surface area contributed by atoms with Crippen LogP contribution in [0.4, 0.5) is 5.69 Å². The third-order valence-electron chi connectivity index (χ3n) is 6.37. The molecule has 0 spiro atoms. The molecule has 2 atom stereocenters. The van der Waals surface area contributed by atoms with E-state index in [1.54, 1.807) is 37.4 Å². The van der Waals surface area contributed by atoms with Gasteiger partial charge in [-0.15, -0.1) is 0 Å². The minimum atomic E-state index is -3.55. The van der Waals surface area contributed by atoms with E-state index in [1.807, 2.05) is 12.1 Å². The summed E-state index contributed by atoms with van der Waals surface area (Å²) in [5.41, 5.74) is 2.36. The third-order valence-corrected chi connectivity index (χ3v) is 8.13. The molecule has 0 unspecified atom stereocenters. The van der Waals surface area contributed by atoms with Crippen LogP contribution in [0, 0.1) is 0 Å². The van der Waals surface area contributed by atoms with E-state index in [2.05, 4.69) is 23.8 Å². The first-order chi connectivity index (χ1) is 13.5. The number of benzene rings is 2. The molecule has 1 fully saturated rings. The van der Waals surface area contributed by atoms with E-state index in [0.29, 0.717) is 27.5 Å². The topological polar surface area (TPSA) is 49.9 Å². The molecule has 0 bridgehead atoms. The molecular weight excluding hydrogens is 372 g/mol. The number of likely N-dealkylation sites (N-methyl/N-ethyl adjacent to an activating group) is 1. The highest BCUT2D eigenvalue weighted by molar-refractivity contribution is 7.91. The summed E-state index contributed by atoms with van der Waals surface area (Å²) in [4.78, 5) is 5.52. The Hall–Kier alpha value is -2.05. The van der Waals surface area contributed by atoms with Gasteiger partial charge in [-0.25, -0.2) is 8.42 Å². The van der Waals surface area contributed by atoms with Crippen LogP contribution in [0.1, 0.15) is 31.2 Å². The lowest BCUT2D eigenvalue weighted by molar-refractivity contribution is 0.298. The Bertz CT molecular complexity index is 956. The Morgan fingerprint density at radius 1 is 1.04 bits per heavy atom. The molecule has 0 aromatic heterocycles. The van der Waals surface area contributed by atoms with Gasteiger partial charge < -0.3 is 14.5 Å². The van der Waals surface area contributed by atoms with E-state index in [4.69, 9.17) is 4.74 Å². The van der Waals surface area contributed by atoms with Gasteiger partial charge >= 0.3 is 0 Å². The highest BCUT2D eigenvalue weighted by Crippen LogP contribution is 2.45. The van der Waals surface area contributed by atoms with Crippen LogP contribution in [0.25, 0.3) is 0 Å². The summed E-state index contributed by atoms with van der Waals surface area (Å²) in [6.45, 7) is 5.45. The zero-order valence-electron chi connectivity index (χ0n) is 16.8. The molecule has 2 aliphatic heterocycles. The lowest BCUT2D eigenvalue weighted by Gasteiger charge is -2.25. The van der Waals surface area contributed by atoms with Crippen LogP contribution in [-0.2, 0) is 9.84 Å². The van der Waals surface area contributed by atoms with E-state index in [-0.39, 0.29) is 0 Å². The van der Waals surface area contributed by atoms with E-state index in [0.717, 1.165) is 32.5 Å². The summed E-state index contributed by atoms with van der Waals surface area (Å²) >= 11 is 0. The van der Waals surface area contributed by atoms with Gasteiger partial charge in [0.2, 0.25) is 9.84 Å². The first kappa shape index (κ1) is 19.3. The van der Waals surface area contributed by atoms with Crippen LogP contribution in [-0.4, -0.2) is 53.2 Å². The fourth-order valence-electron chi connectivity index (χ4n) is 4.67. The number of hydrogen-bond acceptors (Lipinski definition) is 5. The van der Waals surface area contributed by atoms with Crippen molar-refractivity contribution in [3.05, 3.63) is 48.0 Å². The maximum absolute atomic E-state index is 13.2. The van der Waals surface area contributed by atoms with Crippen LogP contribution in [0.3, 0.4) is 0 Å².